The van der Waals surface area contributed by atoms with Crippen molar-refractivity contribution in [1.82, 2.24) is 30.2 Å². The van der Waals surface area contributed by atoms with Gasteiger partial charge in [-0.15, -0.1) is 24.0 Å². The monoisotopic (exact) mass is 459 g/mol. The number of guanidine groups is 1. The van der Waals surface area contributed by atoms with E-state index in [-0.39, 0.29) is 24.0 Å². The van der Waals surface area contributed by atoms with Gasteiger partial charge >= 0.3 is 0 Å². The van der Waals surface area contributed by atoms with E-state index in [0.29, 0.717) is 0 Å². The molecule has 2 aromatic heterocycles. The fourth-order valence-corrected chi connectivity index (χ4v) is 2.95. The third kappa shape index (κ3) is 4.96. The molecule has 140 valence electrons. The number of rotatable bonds is 5. The van der Waals surface area contributed by atoms with Crippen molar-refractivity contribution in [2.75, 3.05) is 13.6 Å². The van der Waals surface area contributed by atoms with E-state index < -0.39 is 0 Å². The first-order chi connectivity index (χ1) is 11.3. The lowest BCUT2D eigenvalue weighted by Crippen LogP contribution is -2.38. The molecule has 0 bridgehead atoms. The molecule has 7 nitrogen and oxygen atoms in total. The highest BCUT2D eigenvalue weighted by atomic mass is 127. The van der Waals surface area contributed by atoms with Gasteiger partial charge in [-0.2, -0.15) is 10.2 Å². The first kappa shape index (κ1) is 21.5. The Balaban J connectivity index is 0.00000312. The van der Waals surface area contributed by atoms with Crippen LogP contribution in [0, 0.1) is 27.7 Å². The number of aromatic nitrogens is 4. The molecule has 0 fully saturated rings. The van der Waals surface area contributed by atoms with Gasteiger partial charge in [0.05, 0.1) is 11.4 Å². The van der Waals surface area contributed by atoms with Gasteiger partial charge in [-0.1, -0.05) is 0 Å². The zero-order valence-electron chi connectivity index (χ0n) is 16.3. The van der Waals surface area contributed by atoms with Crippen molar-refractivity contribution in [3.8, 4) is 0 Å². The van der Waals surface area contributed by atoms with Crippen LogP contribution in [-0.4, -0.2) is 39.1 Å². The van der Waals surface area contributed by atoms with Crippen LogP contribution < -0.4 is 10.6 Å². The molecule has 0 unspecified atom stereocenters. The van der Waals surface area contributed by atoms with Crippen molar-refractivity contribution < 1.29 is 0 Å². The number of aryl methyl sites for hydroxylation is 4. The molecule has 2 N–H and O–H groups in total. The highest BCUT2D eigenvalue weighted by Crippen LogP contribution is 2.12. The van der Waals surface area contributed by atoms with Gasteiger partial charge in [0, 0.05) is 51.2 Å². The molecule has 25 heavy (non-hydrogen) atoms. The highest BCUT2D eigenvalue weighted by molar-refractivity contribution is 14.0. The number of nitrogens with one attached hydrogen (secondary N) is 2. The molecular formula is C17H30IN7. The molecular weight excluding hydrogens is 429 g/mol. The summed E-state index contributed by atoms with van der Waals surface area (Å²) in [7, 11) is 5.74. The van der Waals surface area contributed by atoms with Crippen LogP contribution in [0.2, 0.25) is 0 Å². The zero-order chi connectivity index (χ0) is 17.9. The Labute approximate surface area is 167 Å². The summed E-state index contributed by atoms with van der Waals surface area (Å²) < 4.78 is 3.85. The predicted octanol–water partition coefficient (Wildman–Crippen LogP) is 1.91. The Hall–Kier alpha value is -1.58. The molecule has 0 saturated heterocycles. The van der Waals surface area contributed by atoms with Crippen molar-refractivity contribution in [3.63, 3.8) is 0 Å². The van der Waals surface area contributed by atoms with Gasteiger partial charge in [-0.25, -0.2) is 0 Å². The average molecular weight is 459 g/mol. The smallest absolute Gasteiger partial charge is 0.191 e. The van der Waals surface area contributed by atoms with Crippen molar-refractivity contribution in [1.29, 1.82) is 0 Å². The van der Waals surface area contributed by atoms with Crippen LogP contribution in [0.15, 0.2) is 4.99 Å². The summed E-state index contributed by atoms with van der Waals surface area (Å²) in [6.07, 6.45) is 0.928. The number of halogens is 1. The van der Waals surface area contributed by atoms with E-state index in [2.05, 4.69) is 46.6 Å². The van der Waals surface area contributed by atoms with Crippen LogP contribution in [0.5, 0.6) is 0 Å². The molecule has 0 aliphatic rings. The van der Waals surface area contributed by atoms with Gasteiger partial charge in [0.25, 0.3) is 0 Å². The molecule has 0 aromatic carbocycles. The van der Waals surface area contributed by atoms with Gasteiger partial charge in [-0.05, 0) is 39.7 Å². The minimum absolute atomic E-state index is 0. The summed E-state index contributed by atoms with van der Waals surface area (Å²) in [4.78, 5) is 4.30. The minimum atomic E-state index is 0. The molecule has 0 amide bonds. The Bertz CT molecular complexity index is 743. The van der Waals surface area contributed by atoms with Crippen LogP contribution in [-0.2, 0) is 27.1 Å². The number of aliphatic imine (C=N–C) groups is 1. The van der Waals surface area contributed by atoms with Gasteiger partial charge in [0.2, 0.25) is 0 Å². The van der Waals surface area contributed by atoms with E-state index in [9.17, 15) is 0 Å². The zero-order valence-corrected chi connectivity index (χ0v) is 18.6. The quantitative estimate of drug-likeness (QED) is 0.407. The molecule has 0 saturated carbocycles. The Morgan fingerprint density at radius 1 is 0.920 bits per heavy atom. The lowest BCUT2D eigenvalue weighted by atomic mass is 10.1. The number of hydrogen-bond donors (Lipinski definition) is 2. The van der Waals surface area contributed by atoms with E-state index in [1.165, 1.54) is 22.5 Å². The fraction of sp³-hybridized carbons (Fsp3) is 0.588. The van der Waals surface area contributed by atoms with Gasteiger partial charge in [0.1, 0.15) is 0 Å². The molecule has 8 heteroatoms. The second-order valence-electron chi connectivity index (χ2n) is 6.15. The molecule has 0 spiro atoms. The maximum absolute atomic E-state index is 4.46. The van der Waals surface area contributed by atoms with Crippen LogP contribution in [0.25, 0.3) is 0 Å². The Morgan fingerprint density at radius 3 is 1.88 bits per heavy atom. The largest absolute Gasteiger partial charge is 0.356 e. The normalized spacial score (nSPS) is 11.4. The molecule has 0 aliphatic carbocycles. The molecule has 2 aromatic rings. The molecule has 0 atom stereocenters. The summed E-state index contributed by atoms with van der Waals surface area (Å²) in [5, 5.41) is 15.6. The van der Waals surface area contributed by atoms with Crippen LogP contribution in [0.1, 0.15) is 33.9 Å². The second-order valence-corrected chi connectivity index (χ2v) is 6.15. The van der Waals surface area contributed by atoms with E-state index in [4.69, 9.17) is 0 Å². The van der Waals surface area contributed by atoms with Crippen LogP contribution in [0.4, 0.5) is 0 Å². The van der Waals surface area contributed by atoms with E-state index in [0.717, 1.165) is 36.9 Å². The van der Waals surface area contributed by atoms with Crippen LogP contribution in [0.3, 0.4) is 0 Å². The maximum Gasteiger partial charge on any atom is 0.191 e. The first-order valence-electron chi connectivity index (χ1n) is 8.27. The van der Waals surface area contributed by atoms with Crippen molar-refractivity contribution >= 4 is 29.9 Å². The third-order valence-corrected chi connectivity index (χ3v) is 4.64. The Kier molecular flexibility index (Phi) is 7.91. The lowest BCUT2D eigenvalue weighted by molar-refractivity contribution is 0.727. The summed E-state index contributed by atoms with van der Waals surface area (Å²) >= 11 is 0. The maximum atomic E-state index is 4.46. The number of hydrogen-bond acceptors (Lipinski definition) is 3. The van der Waals surface area contributed by atoms with Gasteiger partial charge < -0.3 is 10.6 Å². The summed E-state index contributed by atoms with van der Waals surface area (Å²) in [6, 6.07) is 0. The first-order valence-corrected chi connectivity index (χ1v) is 8.27. The number of nitrogens with zero attached hydrogens (tertiary/aromatic N) is 5. The average Bonchev–Trinajstić information content (AvgIpc) is 2.92. The summed E-state index contributed by atoms with van der Waals surface area (Å²) in [5.41, 5.74) is 7.08. The standard InChI is InChI=1S/C17H29N7.HI/c1-11-15(13(3)23(6)21-11)8-9-19-17(18-5)20-10-16-12(2)22-24(7)14(16)4;/h8-10H2,1-7H3,(H2,18,19,20);1H. The van der Waals surface area contributed by atoms with E-state index in [1.807, 2.05) is 30.4 Å². The molecule has 0 radical (unpaired) electrons. The van der Waals surface area contributed by atoms with Gasteiger partial charge in [-0.3, -0.25) is 14.4 Å². The topological polar surface area (TPSA) is 72.1 Å². The SMILES string of the molecule is CN=C(NCCc1c(C)nn(C)c1C)NCc1c(C)nn(C)c1C.I. The van der Waals surface area contributed by atoms with E-state index >= 15 is 0 Å². The van der Waals surface area contributed by atoms with Crippen molar-refractivity contribution in [3.05, 3.63) is 33.9 Å². The third-order valence-electron chi connectivity index (χ3n) is 4.64. The van der Waals surface area contributed by atoms with Crippen molar-refractivity contribution in [2.45, 2.75) is 40.7 Å². The van der Waals surface area contributed by atoms with Gasteiger partial charge in [0.15, 0.2) is 5.96 Å². The minimum Gasteiger partial charge on any atom is -0.356 e. The highest BCUT2D eigenvalue weighted by Gasteiger charge is 2.11. The predicted molar refractivity (Wildman–Crippen MR) is 113 cm³/mol. The summed E-state index contributed by atoms with van der Waals surface area (Å²) in [6.45, 7) is 9.82. The molecule has 2 rings (SSSR count). The molecule has 2 heterocycles. The lowest BCUT2D eigenvalue weighted by Gasteiger charge is -2.12. The fourth-order valence-electron chi connectivity index (χ4n) is 2.95. The summed E-state index contributed by atoms with van der Waals surface area (Å²) in [5.74, 6) is 0.803. The van der Waals surface area contributed by atoms with Crippen LogP contribution >= 0.6 is 24.0 Å². The van der Waals surface area contributed by atoms with Crippen molar-refractivity contribution in [2.24, 2.45) is 19.1 Å². The van der Waals surface area contributed by atoms with E-state index in [1.54, 1.807) is 7.05 Å². The Morgan fingerprint density at radius 2 is 1.44 bits per heavy atom. The second kappa shape index (κ2) is 9.21. The molecule has 0 aliphatic heterocycles.